The second kappa shape index (κ2) is 6.51. The zero-order chi connectivity index (χ0) is 14.6. The molecule has 1 saturated carbocycles. The third-order valence-corrected chi connectivity index (χ3v) is 4.99. The highest BCUT2D eigenvalue weighted by molar-refractivity contribution is 7.89. The van der Waals surface area contributed by atoms with Crippen molar-refractivity contribution in [1.29, 1.82) is 0 Å². The number of sulfonamides is 1. The molecule has 0 aliphatic heterocycles. The minimum Gasteiger partial charge on any atom is -0.380 e. The molecule has 1 heterocycles. The summed E-state index contributed by atoms with van der Waals surface area (Å²) in [6, 6.07) is 3.02. The smallest absolute Gasteiger partial charge is 0.244 e. The molecule has 2 N–H and O–H groups in total. The molecule has 1 aliphatic carbocycles. The highest BCUT2D eigenvalue weighted by Gasteiger charge is 2.32. The zero-order valence-corrected chi connectivity index (χ0v) is 12.6. The second-order valence-corrected chi connectivity index (χ2v) is 6.50. The predicted molar refractivity (Wildman–Crippen MR) is 77.2 cm³/mol. The maximum absolute atomic E-state index is 12.5. The summed E-state index contributed by atoms with van der Waals surface area (Å²) in [7, 11) is -1.98. The highest BCUT2D eigenvalue weighted by Crippen LogP contribution is 2.25. The van der Waals surface area contributed by atoms with Crippen molar-refractivity contribution < 1.29 is 13.2 Å². The maximum atomic E-state index is 12.5. The van der Waals surface area contributed by atoms with Gasteiger partial charge in [0.25, 0.3) is 0 Å². The summed E-state index contributed by atoms with van der Waals surface area (Å²) < 4.78 is 33.1. The van der Waals surface area contributed by atoms with Crippen LogP contribution < -0.4 is 10.0 Å². The molecule has 7 heteroatoms. The van der Waals surface area contributed by atoms with Crippen LogP contribution in [0.3, 0.4) is 0 Å². The molecule has 1 fully saturated rings. The Balaban J connectivity index is 2.22. The molecule has 0 spiro atoms. The van der Waals surface area contributed by atoms with Gasteiger partial charge >= 0.3 is 0 Å². The van der Waals surface area contributed by atoms with Crippen LogP contribution in [0.15, 0.2) is 23.2 Å². The van der Waals surface area contributed by atoms with Crippen LogP contribution in [-0.4, -0.2) is 39.2 Å². The van der Waals surface area contributed by atoms with Crippen molar-refractivity contribution in [3.05, 3.63) is 18.3 Å². The molecule has 1 aromatic heterocycles. The molecule has 2 unspecified atom stereocenters. The Bertz CT molecular complexity index is 548. The van der Waals surface area contributed by atoms with Gasteiger partial charge in [-0.2, -0.15) is 0 Å². The lowest BCUT2D eigenvalue weighted by molar-refractivity contribution is 0.0916. The molecule has 0 aromatic carbocycles. The van der Waals surface area contributed by atoms with Crippen LogP contribution in [0, 0.1) is 0 Å². The largest absolute Gasteiger partial charge is 0.380 e. The first kappa shape index (κ1) is 15.2. The molecule has 20 heavy (non-hydrogen) atoms. The Morgan fingerprint density at radius 3 is 2.95 bits per heavy atom. The molecule has 0 radical (unpaired) electrons. The van der Waals surface area contributed by atoms with Crippen LogP contribution in [0.2, 0.25) is 0 Å². The van der Waals surface area contributed by atoms with E-state index < -0.39 is 10.0 Å². The number of methoxy groups -OCH3 is 1. The number of anilines is 1. The third kappa shape index (κ3) is 3.28. The fourth-order valence-electron chi connectivity index (χ4n) is 2.51. The van der Waals surface area contributed by atoms with Gasteiger partial charge in [0.1, 0.15) is 10.7 Å². The van der Waals surface area contributed by atoms with Crippen molar-refractivity contribution >= 4 is 15.8 Å². The Kier molecular flexibility index (Phi) is 4.95. The van der Waals surface area contributed by atoms with Crippen molar-refractivity contribution in [3.8, 4) is 0 Å². The molecule has 1 aliphatic rings. The molecular formula is C13H21N3O3S. The number of pyridine rings is 1. The fourth-order valence-corrected chi connectivity index (χ4v) is 3.95. The minimum absolute atomic E-state index is 0.0518. The van der Waals surface area contributed by atoms with Crippen LogP contribution in [-0.2, 0) is 14.8 Å². The molecule has 0 bridgehead atoms. The lowest BCUT2D eigenvalue weighted by Crippen LogP contribution is -2.40. The van der Waals surface area contributed by atoms with E-state index in [2.05, 4.69) is 15.0 Å². The van der Waals surface area contributed by atoms with Crippen molar-refractivity contribution in [3.63, 3.8) is 0 Å². The monoisotopic (exact) mass is 299 g/mol. The average Bonchev–Trinajstić information content (AvgIpc) is 2.86. The molecule has 0 amide bonds. The highest BCUT2D eigenvalue weighted by atomic mass is 32.2. The predicted octanol–water partition coefficient (Wildman–Crippen LogP) is 1.36. The summed E-state index contributed by atoms with van der Waals surface area (Å²) >= 11 is 0. The quantitative estimate of drug-likeness (QED) is 0.829. The average molecular weight is 299 g/mol. The van der Waals surface area contributed by atoms with Crippen molar-refractivity contribution in [1.82, 2.24) is 9.71 Å². The summed E-state index contributed by atoms with van der Waals surface area (Å²) in [6.45, 7) is 2.51. The summed E-state index contributed by atoms with van der Waals surface area (Å²) in [5.74, 6) is 0.384. The first-order valence-corrected chi connectivity index (χ1v) is 8.31. The van der Waals surface area contributed by atoms with E-state index in [9.17, 15) is 8.42 Å². The molecular weight excluding hydrogens is 278 g/mol. The van der Waals surface area contributed by atoms with Crippen LogP contribution in [0.1, 0.15) is 26.2 Å². The number of nitrogens with one attached hydrogen (secondary N) is 2. The van der Waals surface area contributed by atoms with Crippen LogP contribution in [0.5, 0.6) is 0 Å². The van der Waals surface area contributed by atoms with Gasteiger partial charge in [0, 0.05) is 25.9 Å². The first-order chi connectivity index (χ1) is 9.58. The van der Waals surface area contributed by atoms with Gasteiger partial charge < -0.3 is 10.1 Å². The Morgan fingerprint density at radius 2 is 2.25 bits per heavy atom. The number of ether oxygens (including phenoxy) is 1. The van der Waals surface area contributed by atoms with E-state index in [1.807, 2.05) is 6.92 Å². The lowest BCUT2D eigenvalue weighted by Gasteiger charge is -2.20. The summed E-state index contributed by atoms with van der Waals surface area (Å²) in [6.07, 6.45) is 4.18. The van der Waals surface area contributed by atoms with Gasteiger partial charge in [-0.3, -0.25) is 0 Å². The van der Waals surface area contributed by atoms with Crippen molar-refractivity contribution in [2.24, 2.45) is 0 Å². The molecule has 2 rings (SSSR count). The van der Waals surface area contributed by atoms with Gasteiger partial charge in [-0.25, -0.2) is 18.1 Å². The Morgan fingerprint density at radius 1 is 1.45 bits per heavy atom. The van der Waals surface area contributed by atoms with E-state index in [-0.39, 0.29) is 17.0 Å². The second-order valence-electron chi connectivity index (χ2n) is 4.81. The molecule has 2 atom stereocenters. The zero-order valence-electron chi connectivity index (χ0n) is 11.8. The topological polar surface area (TPSA) is 80.3 Å². The van der Waals surface area contributed by atoms with Gasteiger partial charge in [0.2, 0.25) is 10.0 Å². The number of rotatable bonds is 6. The van der Waals surface area contributed by atoms with E-state index in [0.717, 1.165) is 19.3 Å². The van der Waals surface area contributed by atoms with Gasteiger partial charge in [-0.15, -0.1) is 0 Å². The number of aromatic nitrogens is 1. The van der Waals surface area contributed by atoms with Gasteiger partial charge in [0.05, 0.1) is 6.10 Å². The Labute approximate surface area is 120 Å². The summed E-state index contributed by atoms with van der Waals surface area (Å²) in [5.41, 5.74) is 0. The molecule has 6 nitrogen and oxygen atoms in total. The Hall–Kier alpha value is -1.18. The first-order valence-electron chi connectivity index (χ1n) is 6.82. The summed E-state index contributed by atoms with van der Waals surface area (Å²) in [4.78, 5) is 4.27. The van der Waals surface area contributed by atoms with Crippen molar-refractivity contribution in [2.75, 3.05) is 19.0 Å². The van der Waals surface area contributed by atoms with Crippen molar-refractivity contribution in [2.45, 2.75) is 43.2 Å². The van der Waals surface area contributed by atoms with E-state index >= 15 is 0 Å². The number of hydrogen-bond donors (Lipinski definition) is 2. The maximum Gasteiger partial charge on any atom is 0.244 e. The molecule has 1 aromatic rings. The van der Waals surface area contributed by atoms with E-state index in [0.29, 0.717) is 12.4 Å². The molecule has 112 valence electrons. The normalized spacial score (nSPS) is 22.9. The van der Waals surface area contributed by atoms with Crippen LogP contribution >= 0.6 is 0 Å². The van der Waals surface area contributed by atoms with E-state index in [4.69, 9.17) is 4.74 Å². The summed E-state index contributed by atoms with van der Waals surface area (Å²) in [5, 5.41) is 2.97. The van der Waals surface area contributed by atoms with Gasteiger partial charge in [-0.05, 0) is 38.3 Å². The molecule has 0 saturated heterocycles. The van der Waals surface area contributed by atoms with Crippen LogP contribution in [0.4, 0.5) is 5.82 Å². The van der Waals surface area contributed by atoms with E-state index in [1.165, 1.54) is 0 Å². The van der Waals surface area contributed by atoms with Gasteiger partial charge in [0.15, 0.2) is 0 Å². The fraction of sp³-hybridized carbons (Fsp3) is 0.615. The third-order valence-electron chi connectivity index (χ3n) is 3.47. The standard InChI is InChI=1S/C13H21N3O3S/c1-3-14-13-12(8-5-9-15-13)20(17,18)16-10-6-4-7-11(10)19-2/h5,8-11,16H,3-4,6-7H2,1-2H3,(H,14,15). The SMILES string of the molecule is CCNc1ncccc1S(=O)(=O)NC1CCCC1OC. The van der Waals surface area contributed by atoms with E-state index in [1.54, 1.807) is 25.4 Å². The van der Waals surface area contributed by atoms with Gasteiger partial charge in [-0.1, -0.05) is 0 Å². The number of nitrogens with zero attached hydrogens (tertiary/aromatic N) is 1. The lowest BCUT2D eigenvalue weighted by atomic mass is 10.2. The number of hydrogen-bond acceptors (Lipinski definition) is 5. The minimum atomic E-state index is -3.59. The van der Waals surface area contributed by atoms with Crippen LogP contribution in [0.25, 0.3) is 0 Å².